The molecule has 14 heavy (non-hydrogen) atoms. The molecule has 0 spiro atoms. The van der Waals surface area contributed by atoms with Crippen molar-refractivity contribution in [2.24, 2.45) is 5.92 Å². The summed E-state index contributed by atoms with van der Waals surface area (Å²) >= 11 is 0. The maximum Gasteiger partial charge on any atom is 0.208 e. The lowest BCUT2D eigenvalue weighted by Crippen LogP contribution is -2.00. The van der Waals surface area contributed by atoms with Gasteiger partial charge >= 0.3 is 0 Å². The monoisotopic (exact) mass is 194 g/mol. The third-order valence-electron chi connectivity index (χ3n) is 1.91. The lowest BCUT2D eigenvalue weighted by molar-refractivity contribution is 0.175. The molecule has 0 saturated carbocycles. The smallest absolute Gasteiger partial charge is 0.208 e. The molecule has 0 amide bonds. The molecule has 1 nitrogen and oxygen atoms in total. The maximum atomic E-state index is 4.96. The van der Waals surface area contributed by atoms with E-state index < -0.39 is 0 Å². The number of carbonyl (C=O) groups excluding carboxylic acids is 1. The van der Waals surface area contributed by atoms with Crippen molar-refractivity contribution >= 4 is 6.29 Å². The molecule has 0 fully saturated rings. The molecule has 0 N–H and O–H groups in total. The molecule has 0 saturated heterocycles. The van der Waals surface area contributed by atoms with Gasteiger partial charge in [0.1, 0.15) is 0 Å². The van der Waals surface area contributed by atoms with Crippen LogP contribution in [0.3, 0.4) is 0 Å². The number of hydrogen-bond donors (Lipinski definition) is 0. The van der Waals surface area contributed by atoms with E-state index in [1.165, 1.54) is 11.1 Å². The van der Waals surface area contributed by atoms with Crippen molar-refractivity contribution in [1.29, 1.82) is 0 Å². The Balaban J connectivity index is 4.16. The molecule has 0 aromatic rings. The van der Waals surface area contributed by atoms with Crippen LogP contribution in [-0.4, -0.2) is 13.4 Å². The lowest BCUT2D eigenvalue weighted by Gasteiger charge is -2.10. The number of rotatable bonds is 5. The highest BCUT2D eigenvalue weighted by molar-refractivity contribution is 5.55. The molecule has 1 heteroatoms. The Morgan fingerprint density at radius 3 is 1.79 bits per heavy atom. The molecule has 0 atom stereocenters. The predicted octanol–water partition coefficient (Wildman–Crippen LogP) is 3.59. The van der Waals surface area contributed by atoms with Gasteiger partial charge in [-0.05, 0) is 34.0 Å². The van der Waals surface area contributed by atoms with Gasteiger partial charge in [0, 0.05) is 0 Å². The fraction of sp³-hybridized carbons (Fsp3) is 0.615. The van der Waals surface area contributed by atoms with Crippen molar-refractivity contribution in [3.63, 3.8) is 0 Å². The first-order valence-corrected chi connectivity index (χ1v) is 5.11. The molecule has 0 aliphatic carbocycles. The van der Waals surface area contributed by atoms with E-state index in [9.17, 15) is 0 Å². The molecule has 0 aliphatic rings. The SMILES string of the molecule is C[O+]=[C-]C(CC=C(C)C)CC=C(C)C. The third-order valence-corrected chi connectivity index (χ3v) is 1.91. The minimum absolute atomic E-state index is 0.379. The van der Waals surface area contributed by atoms with Crippen LogP contribution in [0, 0.1) is 5.92 Å². The molecule has 0 rings (SSSR count). The van der Waals surface area contributed by atoms with Crippen molar-refractivity contribution in [3.8, 4) is 0 Å². The summed E-state index contributed by atoms with van der Waals surface area (Å²) in [4.78, 5) is 0. The van der Waals surface area contributed by atoms with E-state index >= 15 is 0 Å². The van der Waals surface area contributed by atoms with Crippen molar-refractivity contribution in [2.45, 2.75) is 40.5 Å². The zero-order valence-electron chi connectivity index (χ0n) is 10.1. The second-order valence-electron chi connectivity index (χ2n) is 4.05. The first kappa shape index (κ1) is 13.2. The molecule has 0 aromatic heterocycles. The van der Waals surface area contributed by atoms with Crippen molar-refractivity contribution in [3.05, 3.63) is 23.3 Å². The first-order valence-electron chi connectivity index (χ1n) is 5.11. The predicted molar refractivity (Wildman–Crippen MR) is 63.2 cm³/mol. The summed E-state index contributed by atoms with van der Waals surface area (Å²) in [6, 6.07) is 0. The van der Waals surface area contributed by atoms with Crippen LogP contribution in [0.25, 0.3) is 0 Å². The Kier molecular flexibility index (Phi) is 7.09. The fourth-order valence-electron chi connectivity index (χ4n) is 1.12. The zero-order chi connectivity index (χ0) is 11.0. The molecule has 0 heterocycles. The number of hydrogen-bond acceptors (Lipinski definition) is 0. The summed E-state index contributed by atoms with van der Waals surface area (Å²) in [7, 11) is 1.66. The molecule has 0 bridgehead atoms. The number of allylic oxidation sites excluding steroid dienone is 4. The van der Waals surface area contributed by atoms with Crippen LogP contribution in [0.2, 0.25) is 0 Å². The second kappa shape index (κ2) is 7.54. The lowest BCUT2D eigenvalue weighted by atomic mass is 10.0. The van der Waals surface area contributed by atoms with Crippen LogP contribution >= 0.6 is 0 Å². The fourth-order valence-corrected chi connectivity index (χ4v) is 1.12. The van der Waals surface area contributed by atoms with Gasteiger partial charge in [0.2, 0.25) is 7.11 Å². The van der Waals surface area contributed by atoms with Crippen LogP contribution in [0.1, 0.15) is 40.5 Å². The Morgan fingerprint density at radius 2 is 1.50 bits per heavy atom. The minimum Gasteiger partial charge on any atom is -0.459 e. The van der Waals surface area contributed by atoms with Crippen molar-refractivity contribution < 1.29 is 4.42 Å². The van der Waals surface area contributed by atoms with Crippen molar-refractivity contribution in [1.82, 2.24) is 0 Å². The largest absolute Gasteiger partial charge is 0.459 e. The van der Waals surface area contributed by atoms with Gasteiger partial charge in [-0.3, -0.25) is 0 Å². The van der Waals surface area contributed by atoms with E-state index in [0.29, 0.717) is 5.92 Å². The summed E-state index contributed by atoms with van der Waals surface area (Å²) in [5, 5.41) is 0. The summed E-state index contributed by atoms with van der Waals surface area (Å²) in [5.74, 6) is 0.379. The van der Waals surface area contributed by atoms with Crippen LogP contribution in [0.5, 0.6) is 0 Å². The molecule has 80 valence electrons. The quantitative estimate of drug-likeness (QED) is 0.360. The Labute approximate surface area is 88.2 Å². The summed E-state index contributed by atoms with van der Waals surface area (Å²) in [6.07, 6.45) is 9.50. The van der Waals surface area contributed by atoms with E-state index in [1.54, 1.807) is 7.11 Å². The maximum absolute atomic E-state index is 4.96. The van der Waals surface area contributed by atoms with Gasteiger partial charge in [-0.2, -0.15) is 0 Å². The molecular weight excluding hydrogens is 172 g/mol. The third kappa shape index (κ3) is 7.78. The molecular formula is C13H22O. The standard InChI is InChI=1S/C13H22O/c1-11(2)6-8-13(10-14-5)9-7-12(3)4/h6-7,13H,8-9H2,1-5H3. The van der Waals surface area contributed by atoms with Crippen molar-refractivity contribution in [2.75, 3.05) is 7.11 Å². The second-order valence-corrected chi connectivity index (χ2v) is 4.05. The van der Waals surface area contributed by atoms with Crippen LogP contribution in [0.15, 0.2) is 23.3 Å². The zero-order valence-corrected chi connectivity index (χ0v) is 10.1. The normalized spacial score (nSPS) is 10.7. The van der Waals surface area contributed by atoms with Crippen LogP contribution in [-0.2, 0) is 4.42 Å². The summed E-state index contributed by atoms with van der Waals surface area (Å²) < 4.78 is 4.96. The highest BCUT2D eigenvalue weighted by Crippen LogP contribution is 2.10. The summed E-state index contributed by atoms with van der Waals surface area (Å²) in [5.41, 5.74) is 2.70. The van der Waals surface area contributed by atoms with E-state index in [2.05, 4.69) is 46.1 Å². The van der Waals surface area contributed by atoms with Crippen LogP contribution < -0.4 is 0 Å². The first-order chi connectivity index (χ1) is 6.56. The van der Waals surface area contributed by atoms with E-state index in [1.807, 2.05) is 0 Å². The Bertz CT molecular complexity index is 206. The van der Waals surface area contributed by atoms with E-state index in [0.717, 1.165) is 12.8 Å². The van der Waals surface area contributed by atoms with E-state index in [-0.39, 0.29) is 0 Å². The van der Waals surface area contributed by atoms with E-state index in [4.69, 9.17) is 4.42 Å². The Morgan fingerprint density at radius 1 is 1.07 bits per heavy atom. The molecule has 0 radical (unpaired) electrons. The molecule has 0 unspecified atom stereocenters. The van der Waals surface area contributed by atoms with Gasteiger partial charge in [-0.25, -0.2) is 0 Å². The molecule has 0 aromatic carbocycles. The highest BCUT2D eigenvalue weighted by atomic mass is 16.4. The molecule has 0 aliphatic heterocycles. The van der Waals surface area contributed by atoms with Gasteiger partial charge < -0.3 is 4.42 Å². The Hall–Kier alpha value is -0.850. The van der Waals surface area contributed by atoms with Gasteiger partial charge in [0.15, 0.2) is 0 Å². The van der Waals surface area contributed by atoms with Crippen LogP contribution in [0.4, 0.5) is 0 Å². The van der Waals surface area contributed by atoms with Gasteiger partial charge in [-0.1, -0.05) is 42.1 Å². The average molecular weight is 194 g/mol. The van der Waals surface area contributed by atoms with Gasteiger partial charge in [0.05, 0.1) is 0 Å². The topological polar surface area (TPSA) is 11.3 Å². The minimum atomic E-state index is 0.379. The highest BCUT2D eigenvalue weighted by Gasteiger charge is 1.97. The van der Waals surface area contributed by atoms with Gasteiger partial charge in [0.25, 0.3) is 0 Å². The average Bonchev–Trinajstić information content (AvgIpc) is 2.09. The van der Waals surface area contributed by atoms with Gasteiger partial charge in [-0.15, -0.1) is 0 Å². The summed E-state index contributed by atoms with van der Waals surface area (Å²) in [6.45, 7) is 8.46.